The number of aromatic carboxylic acids is 1. The predicted octanol–water partition coefficient (Wildman–Crippen LogP) is 1.48. The molecule has 5 heteroatoms. The first kappa shape index (κ1) is 11.4. The highest BCUT2D eigenvalue weighted by Gasteiger charge is 2.26. The van der Waals surface area contributed by atoms with Gasteiger partial charge in [0.15, 0.2) is 0 Å². The molecule has 0 saturated heterocycles. The maximum Gasteiger partial charge on any atom is 0.341 e. The Balaban J connectivity index is 3.46. The summed E-state index contributed by atoms with van der Waals surface area (Å²) in [6.45, 7) is 5.74. The number of carboxylic acids is 1. The van der Waals surface area contributed by atoms with Crippen molar-refractivity contribution in [1.82, 2.24) is 10.2 Å². The molecule has 1 heterocycles. The molecule has 0 unspecified atom stereocenters. The first-order valence-electron chi connectivity index (χ1n) is 4.51. The Kier molecular flexibility index (Phi) is 2.93. The second-order valence-corrected chi connectivity index (χ2v) is 4.20. The Morgan fingerprint density at radius 3 is 2.47 bits per heavy atom. The Labute approximate surface area is 88.1 Å². The lowest BCUT2D eigenvalue weighted by molar-refractivity contribution is 0.0689. The van der Waals surface area contributed by atoms with Crippen LogP contribution >= 0.6 is 0 Å². The average molecular weight is 210 g/mol. The lowest BCUT2D eigenvalue weighted by atomic mass is 9.85. The van der Waals surface area contributed by atoms with Crippen molar-refractivity contribution < 1.29 is 14.6 Å². The van der Waals surface area contributed by atoms with E-state index in [1.54, 1.807) is 0 Å². The topological polar surface area (TPSA) is 72.3 Å². The maximum atomic E-state index is 11.1. The standard InChI is InChI=1S/C10H14N2O3/c1-10(2,3)6-5-11-12-8(15-4)7(6)9(13)14/h5H,1-4H3,(H,13,14). The maximum absolute atomic E-state index is 11.1. The van der Waals surface area contributed by atoms with Gasteiger partial charge < -0.3 is 9.84 Å². The number of nitrogens with zero attached hydrogens (tertiary/aromatic N) is 2. The van der Waals surface area contributed by atoms with Gasteiger partial charge in [0.25, 0.3) is 0 Å². The molecule has 0 spiro atoms. The van der Waals surface area contributed by atoms with Crippen LogP contribution in [-0.4, -0.2) is 28.4 Å². The number of aromatic nitrogens is 2. The Morgan fingerprint density at radius 1 is 1.47 bits per heavy atom. The minimum atomic E-state index is -1.05. The third kappa shape index (κ3) is 2.23. The molecule has 0 amide bonds. The van der Waals surface area contributed by atoms with Crippen LogP contribution in [0.2, 0.25) is 0 Å². The van der Waals surface area contributed by atoms with Crippen LogP contribution in [0, 0.1) is 0 Å². The molecule has 0 aliphatic rings. The zero-order chi connectivity index (χ0) is 11.6. The quantitative estimate of drug-likeness (QED) is 0.800. The Morgan fingerprint density at radius 2 is 2.07 bits per heavy atom. The number of carboxylic acid groups (broad SMARTS) is 1. The molecule has 0 aliphatic carbocycles. The van der Waals surface area contributed by atoms with Crippen LogP contribution < -0.4 is 4.74 Å². The second-order valence-electron chi connectivity index (χ2n) is 4.20. The van der Waals surface area contributed by atoms with Gasteiger partial charge in [-0.1, -0.05) is 20.8 Å². The van der Waals surface area contributed by atoms with Crippen molar-refractivity contribution in [2.45, 2.75) is 26.2 Å². The minimum absolute atomic E-state index is 0.0509. The van der Waals surface area contributed by atoms with Crippen LogP contribution in [0.4, 0.5) is 0 Å². The second kappa shape index (κ2) is 3.84. The van der Waals surface area contributed by atoms with Gasteiger partial charge in [0, 0.05) is 0 Å². The molecule has 5 nitrogen and oxygen atoms in total. The smallest absolute Gasteiger partial charge is 0.341 e. The number of ether oxygens (including phenoxy) is 1. The lowest BCUT2D eigenvalue weighted by Gasteiger charge is -2.20. The summed E-state index contributed by atoms with van der Waals surface area (Å²) in [5.74, 6) is -0.999. The molecule has 1 N–H and O–H groups in total. The van der Waals surface area contributed by atoms with Crippen molar-refractivity contribution in [2.75, 3.05) is 7.11 Å². The fourth-order valence-electron chi connectivity index (χ4n) is 1.29. The summed E-state index contributed by atoms with van der Waals surface area (Å²) in [4.78, 5) is 11.1. The van der Waals surface area contributed by atoms with Gasteiger partial charge in [-0.25, -0.2) is 4.79 Å². The predicted molar refractivity (Wildman–Crippen MR) is 54.2 cm³/mol. The summed E-state index contributed by atoms with van der Waals surface area (Å²) in [6, 6.07) is 0. The molecule has 0 saturated carbocycles. The molecule has 1 aromatic rings. The van der Waals surface area contributed by atoms with E-state index in [1.807, 2.05) is 20.8 Å². The molecule has 1 aromatic heterocycles. The van der Waals surface area contributed by atoms with Gasteiger partial charge >= 0.3 is 5.97 Å². The van der Waals surface area contributed by atoms with E-state index in [0.29, 0.717) is 5.56 Å². The SMILES string of the molecule is COc1nncc(C(C)(C)C)c1C(=O)O. The summed E-state index contributed by atoms with van der Waals surface area (Å²) >= 11 is 0. The van der Waals surface area contributed by atoms with Crippen LogP contribution in [0.3, 0.4) is 0 Å². The largest absolute Gasteiger partial charge is 0.479 e. The summed E-state index contributed by atoms with van der Waals surface area (Å²) in [7, 11) is 1.38. The number of hydrogen-bond acceptors (Lipinski definition) is 4. The van der Waals surface area contributed by atoms with Gasteiger partial charge in [-0.05, 0) is 11.0 Å². The monoisotopic (exact) mass is 210 g/mol. The fourth-order valence-corrected chi connectivity index (χ4v) is 1.29. The molecule has 15 heavy (non-hydrogen) atoms. The van der Waals surface area contributed by atoms with Crippen LogP contribution in [0.25, 0.3) is 0 Å². The van der Waals surface area contributed by atoms with Crippen LogP contribution in [0.1, 0.15) is 36.7 Å². The van der Waals surface area contributed by atoms with Crippen LogP contribution in [-0.2, 0) is 5.41 Å². The third-order valence-corrected chi connectivity index (χ3v) is 2.03. The highest BCUT2D eigenvalue weighted by molar-refractivity contribution is 5.92. The van der Waals surface area contributed by atoms with Gasteiger partial charge in [0.1, 0.15) is 5.56 Å². The third-order valence-electron chi connectivity index (χ3n) is 2.03. The van der Waals surface area contributed by atoms with E-state index >= 15 is 0 Å². The average Bonchev–Trinajstić information content (AvgIpc) is 2.15. The first-order valence-corrected chi connectivity index (χ1v) is 4.51. The molecular weight excluding hydrogens is 196 g/mol. The molecule has 0 radical (unpaired) electrons. The number of hydrogen-bond donors (Lipinski definition) is 1. The summed E-state index contributed by atoms with van der Waals surface area (Å²) < 4.78 is 4.89. The summed E-state index contributed by atoms with van der Waals surface area (Å²) in [5.41, 5.74) is 0.388. The molecule has 0 aromatic carbocycles. The molecule has 82 valence electrons. The van der Waals surface area contributed by atoms with Crippen molar-refractivity contribution >= 4 is 5.97 Å². The number of methoxy groups -OCH3 is 1. The minimum Gasteiger partial charge on any atom is -0.479 e. The molecule has 1 rings (SSSR count). The lowest BCUT2D eigenvalue weighted by Crippen LogP contribution is -2.19. The number of carbonyl (C=O) groups is 1. The van der Waals surface area contributed by atoms with Crippen molar-refractivity contribution in [3.63, 3.8) is 0 Å². The van der Waals surface area contributed by atoms with E-state index in [-0.39, 0.29) is 16.9 Å². The number of rotatable bonds is 2. The van der Waals surface area contributed by atoms with Crippen molar-refractivity contribution in [1.29, 1.82) is 0 Å². The van der Waals surface area contributed by atoms with Crippen molar-refractivity contribution in [3.8, 4) is 5.88 Å². The van der Waals surface area contributed by atoms with Crippen LogP contribution in [0.15, 0.2) is 6.20 Å². The van der Waals surface area contributed by atoms with Gasteiger partial charge in [-0.15, -0.1) is 5.10 Å². The first-order chi connectivity index (χ1) is 6.88. The van der Waals surface area contributed by atoms with Gasteiger partial charge in [0.05, 0.1) is 13.3 Å². The van der Waals surface area contributed by atoms with Gasteiger partial charge in [-0.3, -0.25) is 0 Å². The van der Waals surface area contributed by atoms with E-state index < -0.39 is 5.97 Å². The molecule has 0 atom stereocenters. The zero-order valence-corrected chi connectivity index (χ0v) is 9.24. The van der Waals surface area contributed by atoms with E-state index in [2.05, 4.69) is 10.2 Å². The highest BCUT2D eigenvalue weighted by Crippen LogP contribution is 2.29. The normalized spacial score (nSPS) is 11.2. The summed E-state index contributed by atoms with van der Waals surface area (Å²) in [5, 5.41) is 16.5. The molecular formula is C10H14N2O3. The van der Waals surface area contributed by atoms with E-state index in [0.717, 1.165) is 0 Å². The Bertz CT molecular complexity index is 383. The van der Waals surface area contributed by atoms with E-state index in [9.17, 15) is 4.79 Å². The van der Waals surface area contributed by atoms with Crippen molar-refractivity contribution in [2.24, 2.45) is 0 Å². The molecule has 0 bridgehead atoms. The fraction of sp³-hybridized carbons (Fsp3) is 0.500. The molecule has 0 fully saturated rings. The van der Waals surface area contributed by atoms with Crippen LogP contribution in [0.5, 0.6) is 5.88 Å². The van der Waals surface area contributed by atoms with E-state index in [1.165, 1.54) is 13.3 Å². The van der Waals surface area contributed by atoms with E-state index in [4.69, 9.17) is 9.84 Å². The highest BCUT2D eigenvalue weighted by atomic mass is 16.5. The van der Waals surface area contributed by atoms with Gasteiger partial charge in [0.2, 0.25) is 5.88 Å². The van der Waals surface area contributed by atoms with Gasteiger partial charge in [-0.2, -0.15) is 5.10 Å². The zero-order valence-electron chi connectivity index (χ0n) is 9.24. The molecule has 0 aliphatic heterocycles. The van der Waals surface area contributed by atoms with Crippen molar-refractivity contribution in [3.05, 3.63) is 17.3 Å². The Hall–Kier alpha value is -1.65. The summed E-state index contributed by atoms with van der Waals surface area (Å²) in [6.07, 6.45) is 1.46.